The van der Waals surface area contributed by atoms with Crippen LogP contribution in [0.2, 0.25) is 0 Å². The minimum Gasteiger partial charge on any atom is -0.455 e. The van der Waals surface area contributed by atoms with Crippen LogP contribution in [0.15, 0.2) is 11.6 Å². The highest BCUT2D eigenvalue weighted by Crippen LogP contribution is 2.36. The summed E-state index contributed by atoms with van der Waals surface area (Å²) in [6.45, 7) is 8.09. The molecule has 0 aromatic carbocycles. The Morgan fingerprint density at radius 1 is 0.776 bits per heavy atom. The lowest BCUT2D eigenvalue weighted by Crippen LogP contribution is -2.35. The first-order chi connectivity index (χ1) is 23.6. The van der Waals surface area contributed by atoms with Crippen LogP contribution in [0.4, 0.5) is 0 Å². The quantitative estimate of drug-likeness (QED) is 0.0692. The van der Waals surface area contributed by atoms with Gasteiger partial charge in [0.1, 0.15) is 12.2 Å². The van der Waals surface area contributed by atoms with E-state index in [2.05, 4.69) is 6.92 Å². The number of aliphatic hydroxyl groups excluding tert-OH is 3. The molecule has 0 amide bonds. The Bertz CT molecular complexity index is 985. The SMILES string of the molecule is CCCCC[C@@H]1OC(C)(C)O[C@@H]1CCC[C@@H](O)[C@H]1CCC(C2CC(O)[C@H]([C@@H](O)CCCCCCCCCCCCC3=CC(C)OC3=O)O2)O1. The molecule has 0 aromatic rings. The molecule has 0 aromatic heterocycles. The van der Waals surface area contributed by atoms with Crippen molar-refractivity contribution >= 4 is 5.97 Å². The van der Waals surface area contributed by atoms with Crippen LogP contribution in [0.1, 0.15) is 169 Å². The summed E-state index contributed by atoms with van der Waals surface area (Å²) in [7, 11) is 0. The molecule has 3 saturated heterocycles. The second kappa shape index (κ2) is 20.8. The molecule has 3 fully saturated rings. The Hall–Kier alpha value is -1.07. The molecule has 9 nitrogen and oxygen atoms in total. The molecule has 4 rings (SSSR count). The average Bonchev–Trinajstić information content (AvgIpc) is 3.83. The first kappa shape index (κ1) is 40.7. The van der Waals surface area contributed by atoms with Crippen LogP contribution >= 0.6 is 0 Å². The standard InChI is InChI=1S/C40H70O9/c1-5-6-15-22-35-36(49-40(3,4)48-35)23-18-21-30(41)33-24-25-34(46-33)37-27-32(43)38(47-37)31(42)20-17-14-12-10-8-7-9-11-13-16-19-29-26-28(2)45-39(29)44/h26,28,30-38,41-43H,5-25,27H2,1-4H3/t28?,30-,31+,32?,33-,34?,35+,36-,37?,38+/m1/s1. The van der Waals surface area contributed by atoms with Crippen LogP contribution in [0, 0.1) is 0 Å². The summed E-state index contributed by atoms with van der Waals surface area (Å²) in [5.41, 5.74) is 0.850. The highest BCUT2D eigenvalue weighted by Gasteiger charge is 2.45. The molecule has 4 aliphatic heterocycles. The van der Waals surface area contributed by atoms with E-state index in [0.717, 1.165) is 82.6 Å². The number of hydrogen-bond donors (Lipinski definition) is 3. The number of hydrogen-bond acceptors (Lipinski definition) is 9. The van der Waals surface area contributed by atoms with Crippen LogP contribution < -0.4 is 0 Å². The molecule has 0 bridgehead atoms. The molecule has 10 atom stereocenters. The summed E-state index contributed by atoms with van der Waals surface area (Å²) in [6.07, 6.45) is 21.0. The van der Waals surface area contributed by atoms with Crippen molar-refractivity contribution in [2.45, 2.75) is 236 Å². The maximum absolute atomic E-state index is 11.7. The van der Waals surface area contributed by atoms with E-state index in [0.29, 0.717) is 19.3 Å². The number of ether oxygens (including phenoxy) is 5. The van der Waals surface area contributed by atoms with Gasteiger partial charge in [0.15, 0.2) is 5.79 Å². The first-order valence-corrected chi connectivity index (χ1v) is 20.2. The monoisotopic (exact) mass is 695 g/mol. The topological polar surface area (TPSA) is 124 Å². The third-order valence-electron chi connectivity index (χ3n) is 11.0. The van der Waals surface area contributed by atoms with Crippen molar-refractivity contribution in [1.82, 2.24) is 0 Å². The van der Waals surface area contributed by atoms with Gasteiger partial charge < -0.3 is 39.0 Å². The van der Waals surface area contributed by atoms with E-state index in [-0.39, 0.29) is 42.6 Å². The number of rotatable bonds is 24. The zero-order valence-corrected chi connectivity index (χ0v) is 31.2. The van der Waals surface area contributed by atoms with Gasteiger partial charge >= 0.3 is 5.97 Å². The lowest BCUT2D eigenvalue weighted by molar-refractivity contribution is -0.147. The average molecular weight is 695 g/mol. The van der Waals surface area contributed by atoms with Crippen molar-refractivity contribution in [2.24, 2.45) is 0 Å². The third-order valence-corrected chi connectivity index (χ3v) is 11.0. The predicted octanol–water partition coefficient (Wildman–Crippen LogP) is 7.60. The fraction of sp³-hybridized carbons (Fsp3) is 0.925. The van der Waals surface area contributed by atoms with Gasteiger partial charge in [0.2, 0.25) is 0 Å². The molecule has 4 unspecified atom stereocenters. The van der Waals surface area contributed by atoms with E-state index < -0.39 is 30.2 Å². The summed E-state index contributed by atoms with van der Waals surface area (Å²) in [5.74, 6) is -0.682. The van der Waals surface area contributed by atoms with Gasteiger partial charge in [0.25, 0.3) is 0 Å². The second-order valence-corrected chi connectivity index (χ2v) is 15.9. The number of carbonyl (C=O) groups is 1. The second-order valence-electron chi connectivity index (χ2n) is 15.9. The zero-order valence-electron chi connectivity index (χ0n) is 31.2. The van der Waals surface area contributed by atoms with E-state index >= 15 is 0 Å². The molecule has 3 N–H and O–H groups in total. The van der Waals surface area contributed by atoms with Gasteiger partial charge in [0, 0.05) is 12.0 Å². The van der Waals surface area contributed by atoms with E-state index in [1.165, 1.54) is 44.9 Å². The largest absolute Gasteiger partial charge is 0.455 e. The minimum atomic E-state index is -0.692. The number of cyclic esters (lactones) is 1. The van der Waals surface area contributed by atoms with Gasteiger partial charge in [-0.05, 0) is 84.6 Å². The number of unbranched alkanes of at least 4 members (excludes halogenated alkanes) is 11. The van der Waals surface area contributed by atoms with Crippen molar-refractivity contribution in [1.29, 1.82) is 0 Å². The Kier molecular flexibility index (Phi) is 17.3. The molecule has 0 radical (unpaired) electrons. The normalized spacial score (nSPS) is 32.5. The van der Waals surface area contributed by atoms with Gasteiger partial charge in [-0.25, -0.2) is 4.79 Å². The lowest BCUT2D eigenvalue weighted by Gasteiger charge is -2.24. The van der Waals surface area contributed by atoms with Crippen molar-refractivity contribution in [3.05, 3.63) is 11.6 Å². The highest BCUT2D eigenvalue weighted by atomic mass is 16.7. The molecule has 9 heteroatoms. The summed E-state index contributed by atoms with van der Waals surface area (Å²) in [4.78, 5) is 11.7. The number of aliphatic hydroxyl groups is 3. The summed E-state index contributed by atoms with van der Waals surface area (Å²) in [6, 6.07) is 0. The Morgan fingerprint density at radius 3 is 2.02 bits per heavy atom. The van der Waals surface area contributed by atoms with Gasteiger partial charge in [-0.1, -0.05) is 84.0 Å². The Labute approximate surface area is 296 Å². The maximum atomic E-state index is 11.7. The summed E-state index contributed by atoms with van der Waals surface area (Å²) < 4.78 is 30.0. The molecule has 0 aliphatic carbocycles. The molecule has 4 heterocycles. The molecule has 0 saturated carbocycles. The Balaban J connectivity index is 1.01. The number of esters is 1. The van der Waals surface area contributed by atoms with E-state index in [4.69, 9.17) is 23.7 Å². The van der Waals surface area contributed by atoms with Crippen LogP contribution in [-0.2, 0) is 28.5 Å². The van der Waals surface area contributed by atoms with Gasteiger partial charge in [-0.15, -0.1) is 0 Å². The molecule has 4 aliphatic rings. The van der Waals surface area contributed by atoms with Gasteiger partial charge in [-0.2, -0.15) is 0 Å². The van der Waals surface area contributed by atoms with Crippen LogP contribution in [-0.4, -0.2) is 88.1 Å². The predicted molar refractivity (Wildman–Crippen MR) is 190 cm³/mol. The molecule has 0 spiro atoms. The van der Waals surface area contributed by atoms with Crippen LogP contribution in [0.25, 0.3) is 0 Å². The minimum absolute atomic E-state index is 0.0653. The van der Waals surface area contributed by atoms with E-state index in [1.54, 1.807) is 0 Å². The molecular weight excluding hydrogens is 624 g/mol. The first-order valence-electron chi connectivity index (χ1n) is 20.2. The van der Waals surface area contributed by atoms with Crippen molar-refractivity contribution in [3.8, 4) is 0 Å². The lowest BCUT2D eigenvalue weighted by atomic mass is 9.98. The fourth-order valence-corrected chi connectivity index (χ4v) is 8.32. The summed E-state index contributed by atoms with van der Waals surface area (Å²) >= 11 is 0. The molecule has 49 heavy (non-hydrogen) atoms. The molecular formula is C40H70O9. The summed E-state index contributed by atoms with van der Waals surface area (Å²) in [5, 5.41) is 32.5. The van der Waals surface area contributed by atoms with Crippen LogP contribution in [0.3, 0.4) is 0 Å². The van der Waals surface area contributed by atoms with Crippen molar-refractivity contribution in [3.63, 3.8) is 0 Å². The highest BCUT2D eigenvalue weighted by molar-refractivity contribution is 5.90. The smallest absolute Gasteiger partial charge is 0.334 e. The van der Waals surface area contributed by atoms with E-state index in [9.17, 15) is 20.1 Å². The van der Waals surface area contributed by atoms with E-state index in [1.807, 2.05) is 26.8 Å². The maximum Gasteiger partial charge on any atom is 0.334 e. The number of carbonyl (C=O) groups excluding carboxylic acids is 1. The van der Waals surface area contributed by atoms with Crippen molar-refractivity contribution < 1.29 is 43.8 Å². The zero-order chi connectivity index (χ0) is 35.2. The van der Waals surface area contributed by atoms with Gasteiger partial charge in [-0.3, -0.25) is 0 Å². The fourth-order valence-electron chi connectivity index (χ4n) is 8.32. The van der Waals surface area contributed by atoms with Gasteiger partial charge in [0.05, 0.1) is 48.8 Å². The third kappa shape index (κ3) is 13.4. The Morgan fingerprint density at radius 2 is 1.39 bits per heavy atom. The van der Waals surface area contributed by atoms with Crippen LogP contribution in [0.5, 0.6) is 0 Å². The van der Waals surface area contributed by atoms with Crippen molar-refractivity contribution in [2.75, 3.05) is 0 Å². The molecule has 284 valence electrons.